The number of hydrogen-bond donors (Lipinski definition) is 0. The van der Waals surface area contributed by atoms with Crippen LogP contribution in [0.4, 0.5) is 0 Å². The first-order valence-corrected chi connectivity index (χ1v) is 5.04. The van der Waals surface area contributed by atoms with Gasteiger partial charge in [0.1, 0.15) is 0 Å². The van der Waals surface area contributed by atoms with E-state index >= 15 is 0 Å². The number of hydrogen-bond acceptors (Lipinski definition) is 2. The van der Waals surface area contributed by atoms with Crippen molar-refractivity contribution in [2.24, 2.45) is 0 Å². The molecule has 0 amide bonds. The van der Waals surface area contributed by atoms with Gasteiger partial charge in [-0.05, 0) is 24.0 Å². The second-order valence-electron chi connectivity index (χ2n) is 3.40. The van der Waals surface area contributed by atoms with Gasteiger partial charge in [-0.25, -0.2) is 0 Å². The maximum absolute atomic E-state index is 10.9. The SMILES string of the molecule is C=C(CCCC(=O)OC)c1ccccc1. The summed E-state index contributed by atoms with van der Waals surface area (Å²) in [4.78, 5) is 10.9. The summed E-state index contributed by atoms with van der Waals surface area (Å²) >= 11 is 0. The quantitative estimate of drug-likeness (QED) is 0.689. The second-order valence-corrected chi connectivity index (χ2v) is 3.40. The molecule has 0 fully saturated rings. The molecule has 0 aliphatic carbocycles. The Labute approximate surface area is 90.6 Å². The molecule has 0 saturated carbocycles. The highest BCUT2D eigenvalue weighted by molar-refractivity contribution is 5.70. The lowest BCUT2D eigenvalue weighted by atomic mass is 10.0. The van der Waals surface area contributed by atoms with Gasteiger partial charge < -0.3 is 4.74 Å². The predicted octanol–water partition coefficient (Wildman–Crippen LogP) is 3.04. The third kappa shape index (κ3) is 3.98. The Morgan fingerprint density at radius 1 is 1.27 bits per heavy atom. The maximum atomic E-state index is 10.9. The van der Waals surface area contributed by atoms with E-state index in [4.69, 9.17) is 0 Å². The summed E-state index contributed by atoms with van der Waals surface area (Å²) in [5.74, 6) is -0.157. The van der Waals surface area contributed by atoms with Crippen LogP contribution in [-0.4, -0.2) is 13.1 Å². The number of allylic oxidation sites excluding steroid dienone is 1. The fourth-order valence-electron chi connectivity index (χ4n) is 1.37. The fraction of sp³-hybridized carbons (Fsp3) is 0.308. The summed E-state index contributed by atoms with van der Waals surface area (Å²) in [6, 6.07) is 10.0. The molecule has 1 rings (SSSR count). The smallest absolute Gasteiger partial charge is 0.305 e. The number of carbonyl (C=O) groups excluding carboxylic acids is 1. The minimum absolute atomic E-state index is 0.157. The third-order valence-corrected chi connectivity index (χ3v) is 2.27. The summed E-state index contributed by atoms with van der Waals surface area (Å²) in [5, 5.41) is 0. The highest BCUT2D eigenvalue weighted by Crippen LogP contribution is 2.18. The summed E-state index contributed by atoms with van der Waals surface area (Å²) in [5.41, 5.74) is 2.21. The number of carbonyl (C=O) groups is 1. The molecule has 0 aliphatic rings. The zero-order valence-corrected chi connectivity index (χ0v) is 9.03. The highest BCUT2D eigenvalue weighted by Gasteiger charge is 2.02. The number of esters is 1. The first-order chi connectivity index (χ1) is 7.24. The van der Waals surface area contributed by atoms with Gasteiger partial charge in [0.05, 0.1) is 7.11 Å². The maximum Gasteiger partial charge on any atom is 0.305 e. The van der Waals surface area contributed by atoms with E-state index in [1.54, 1.807) is 0 Å². The Hall–Kier alpha value is -1.57. The summed E-state index contributed by atoms with van der Waals surface area (Å²) in [6.45, 7) is 4.00. The van der Waals surface area contributed by atoms with Gasteiger partial charge in [-0.2, -0.15) is 0 Å². The van der Waals surface area contributed by atoms with Crippen LogP contribution in [0.1, 0.15) is 24.8 Å². The van der Waals surface area contributed by atoms with E-state index in [1.165, 1.54) is 7.11 Å². The molecular formula is C13H16O2. The molecule has 0 atom stereocenters. The lowest BCUT2D eigenvalue weighted by Gasteiger charge is -2.04. The largest absolute Gasteiger partial charge is 0.469 e. The third-order valence-electron chi connectivity index (χ3n) is 2.27. The van der Waals surface area contributed by atoms with E-state index in [-0.39, 0.29) is 5.97 Å². The van der Waals surface area contributed by atoms with Crippen molar-refractivity contribution in [3.63, 3.8) is 0 Å². The lowest BCUT2D eigenvalue weighted by molar-refractivity contribution is -0.140. The first-order valence-electron chi connectivity index (χ1n) is 5.04. The summed E-state index contributed by atoms with van der Waals surface area (Å²) in [6.07, 6.45) is 2.09. The van der Waals surface area contributed by atoms with E-state index in [2.05, 4.69) is 11.3 Å². The van der Waals surface area contributed by atoms with Crippen molar-refractivity contribution >= 4 is 11.5 Å². The fourth-order valence-corrected chi connectivity index (χ4v) is 1.37. The van der Waals surface area contributed by atoms with Crippen LogP contribution in [0.25, 0.3) is 5.57 Å². The summed E-state index contributed by atoms with van der Waals surface area (Å²) in [7, 11) is 1.41. The van der Waals surface area contributed by atoms with Crippen molar-refractivity contribution in [3.05, 3.63) is 42.5 Å². The molecule has 1 aromatic rings. The molecule has 80 valence electrons. The van der Waals surface area contributed by atoms with Crippen LogP contribution in [-0.2, 0) is 9.53 Å². The first kappa shape index (κ1) is 11.5. The number of benzene rings is 1. The monoisotopic (exact) mass is 204 g/mol. The molecule has 2 nitrogen and oxygen atoms in total. The molecule has 0 aromatic heterocycles. The van der Waals surface area contributed by atoms with Crippen LogP contribution in [0.5, 0.6) is 0 Å². The van der Waals surface area contributed by atoms with Gasteiger partial charge in [0.15, 0.2) is 0 Å². The van der Waals surface area contributed by atoms with Crippen molar-refractivity contribution in [3.8, 4) is 0 Å². The zero-order chi connectivity index (χ0) is 11.1. The Morgan fingerprint density at radius 2 is 1.93 bits per heavy atom. The molecule has 0 spiro atoms. The van der Waals surface area contributed by atoms with E-state index in [1.807, 2.05) is 30.3 Å². The van der Waals surface area contributed by atoms with Crippen LogP contribution in [0.3, 0.4) is 0 Å². The Bertz CT molecular complexity index is 328. The molecule has 0 saturated heterocycles. The topological polar surface area (TPSA) is 26.3 Å². The molecule has 0 N–H and O–H groups in total. The number of rotatable bonds is 5. The van der Waals surface area contributed by atoms with Crippen LogP contribution in [0.2, 0.25) is 0 Å². The Morgan fingerprint density at radius 3 is 2.53 bits per heavy atom. The van der Waals surface area contributed by atoms with E-state index < -0.39 is 0 Å². The van der Waals surface area contributed by atoms with Gasteiger partial charge in [-0.3, -0.25) is 4.79 Å². The zero-order valence-electron chi connectivity index (χ0n) is 9.03. The van der Waals surface area contributed by atoms with Gasteiger partial charge >= 0.3 is 5.97 Å². The second kappa shape index (κ2) is 6.02. The van der Waals surface area contributed by atoms with E-state index in [9.17, 15) is 4.79 Å². The normalized spacial score (nSPS) is 9.67. The van der Waals surface area contributed by atoms with Crippen molar-refractivity contribution in [1.82, 2.24) is 0 Å². The number of methoxy groups -OCH3 is 1. The van der Waals surface area contributed by atoms with Crippen LogP contribution < -0.4 is 0 Å². The summed E-state index contributed by atoms with van der Waals surface area (Å²) < 4.78 is 4.57. The minimum Gasteiger partial charge on any atom is -0.469 e. The average molecular weight is 204 g/mol. The average Bonchev–Trinajstić information content (AvgIpc) is 2.29. The molecule has 0 heterocycles. The van der Waals surface area contributed by atoms with Crippen LogP contribution in [0.15, 0.2) is 36.9 Å². The lowest BCUT2D eigenvalue weighted by Crippen LogP contribution is -1.99. The van der Waals surface area contributed by atoms with Gasteiger partial charge in [0, 0.05) is 6.42 Å². The minimum atomic E-state index is -0.157. The Kier molecular flexibility index (Phi) is 4.61. The van der Waals surface area contributed by atoms with Crippen LogP contribution >= 0.6 is 0 Å². The van der Waals surface area contributed by atoms with Crippen molar-refractivity contribution in [2.75, 3.05) is 7.11 Å². The number of ether oxygens (including phenoxy) is 1. The predicted molar refractivity (Wildman–Crippen MR) is 61.3 cm³/mol. The highest BCUT2D eigenvalue weighted by atomic mass is 16.5. The van der Waals surface area contributed by atoms with Gasteiger partial charge in [0.2, 0.25) is 0 Å². The molecule has 0 unspecified atom stereocenters. The molecular weight excluding hydrogens is 188 g/mol. The standard InChI is InChI=1S/C13H16O2/c1-11(7-6-10-13(14)15-2)12-8-4-3-5-9-12/h3-5,8-9H,1,6-7,10H2,2H3. The van der Waals surface area contributed by atoms with E-state index in [0.717, 1.165) is 24.0 Å². The van der Waals surface area contributed by atoms with Crippen molar-refractivity contribution < 1.29 is 9.53 Å². The van der Waals surface area contributed by atoms with Crippen LogP contribution in [0, 0.1) is 0 Å². The van der Waals surface area contributed by atoms with Crippen molar-refractivity contribution in [1.29, 1.82) is 0 Å². The Balaban J connectivity index is 2.34. The molecule has 0 bridgehead atoms. The molecule has 2 heteroatoms. The van der Waals surface area contributed by atoms with E-state index in [0.29, 0.717) is 6.42 Å². The molecule has 0 aliphatic heterocycles. The van der Waals surface area contributed by atoms with Gasteiger partial charge in [0.25, 0.3) is 0 Å². The molecule has 1 aromatic carbocycles. The molecule has 15 heavy (non-hydrogen) atoms. The van der Waals surface area contributed by atoms with Gasteiger partial charge in [-0.15, -0.1) is 0 Å². The molecule has 0 radical (unpaired) electrons. The van der Waals surface area contributed by atoms with Crippen molar-refractivity contribution in [2.45, 2.75) is 19.3 Å². The van der Waals surface area contributed by atoms with Gasteiger partial charge in [-0.1, -0.05) is 36.9 Å².